The van der Waals surface area contributed by atoms with Crippen molar-refractivity contribution in [3.05, 3.63) is 45.6 Å². The second kappa shape index (κ2) is 3.71. The van der Waals surface area contributed by atoms with Crippen molar-refractivity contribution in [3.63, 3.8) is 0 Å². The van der Waals surface area contributed by atoms with Crippen LogP contribution in [0.3, 0.4) is 0 Å². The minimum absolute atomic E-state index is 0.273. The lowest BCUT2D eigenvalue weighted by molar-refractivity contribution is 0.250. The number of anilines is 1. The molecule has 7 heteroatoms. The number of carbonyl (C=O) groups is 1. The highest BCUT2D eigenvalue weighted by molar-refractivity contribution is 6.30. The molecular formula is C11H9ClN4O2. The Kier molecular flexibility index (Phi) is 2.27. The SMILES string of the molecule is Cn1nc2n(c1=O)C(=O)N(c1cccc(Cl)c1)C2. The van der Waals surface area contributed by atoms with E-state index in [9.17, 15) is 9.59 Å². The molecule has 0 aliphatic carbocycles. The van der Waals surface area contributed by atoms with Crippen LogP contribution in [0.15, 0.2) is 29.1 Å². The van der Waals surface area contributed by atoms with Crippen molar-refractivity contribution in [2.75, 3.05) is 4.90 Å². The molecule has 0 atom stereocenters. The molecule has 1 aromatic heterocycles. The first-order chi connectivity index (χ1) is 8.58. The summed E-state index contributed by atoms with van der Waals surface area (Å²) in [6, 6.07) is 6.52. The van der Waals surface area contributed by atoms with Crippen LogP contribution >= 0.6 is 11.6 Å². The van der Waals surface area contributed by atoms with E-state index < -0.39 is 11.7 Å². The summed E-state index contributed by atoms with van der Waals surface area (Å²) in [5, 5.41) is 4.55. The van der Waals surface area contributed by atoms with Gasteiger partial charge in [-0.2, -0.15) is 9.67 Å². The fourth-order valence-corrected chi connectivity index (χ4v) is 2.17. The van der Waals surface area contributed by atoms with Crippen LogP contribution in [0, 0.1) is 0 Å². The number of aromatic nitrogens is 3. The first kappa shape index (κ1) is 11.0. The number of fused-ring (bicyclic) bond motifs is 1. The predicted molar refractivity (Wildman–Crippen MR) is 65.9 cm³/mol. The van der Waals surface area contributed by atoms with Gasteiger partial charge in [0.15, 0.2) is 5.82 Å². The topological polar surface area (TPSA) is 60.1 Å². The van der Waals surface area contributed by atoms with Gasteiger partial charge in [-0.1, -0.05) is 17.7 Å². The lowest BCUT2D eigenvalue weighted by atomic mass is 10.3. The quantitative estimate of drug-likeness (QED) is 0.778. The maximum atomic E-state index is 12.1. The lowest BCUT2D eigenvalue weighted by Crippen LogP contribution is -2.33. The second-order valence-electron chi connectivity index (χ2n) is 4.01. The fourth-order valence-electron chi connectivity index (χ4n) is 1.99. The minimum Gasteiger partial charge on any atom is -0.286 e. The molecule has 0 unspecified atom stereocenters. The van der Waals surface area contributed by atoms with Gasteiger partial charge < -0.3 is 0 Å². The normalized spacial score (nSPS) is 14.1. The van der Waals surface area contributed by atoms with Gasteiger partial charge >= 0.3 is 11.7 Å². The van der Waals surface area contributed by atoms with Crippen molar-refractivity contribution in [1.29, 1.82) is 0 Å². The van der Waals surface area contributed by atoms with Crippen LogP contribution in [0.5, 0.6) is 0 Å². The molecule has 1 amide bonds. The third-order valence-electron chi connectivity index (χ3n) is 2.83. The molecule has 0 radical (unpaired) electrons. The molecule has 0 bridgehead atoms. The van der Waals surface area contributed by atoms with Gasteiger partial charge in [-0.25, -0.2) is 14.3 Å². The second-order valence-corrected chi connectivity index (χ2v) is 4.44. The van der Waals surface area contributed by atoms with E-state index in [-0.39, 0.29) is 6.54 Å². The molecule has 0 saturated heterocycles. The van der Waals surface area contributed by atoms with Gasteiger partial charge in [0.05, 0.1) is 6.54 Å². The molecule has 6 nitrogen and oxygen atoms in total. The van der Waals surface area contributed by atoms with E-state index in [2.05, 4.69) is 5.10 Å². The molecule has 18 heavy (non-hydrogen) atoms. The number of rotatable bonds is 1. The zero-order chi connectivity index (χ0) is 12.9. The third kappa shape index (κ3) is 1.46. The van der Waals surface area contributed by atoms with Crippen molar-refractivity contribution in [2.45, 2.75) is 6.54 Å². The van der Waals surface area contributed by atoms with E-state index in [1.807, 2.05) is 0 Å². The van der Waals surface area contributed by atoms with Crippen LogP contribution in [0.4, 0.5) is 10.5 Å². The standard InChI is InChI=1S/C11H9ClN4O2/c1-14-10(17)16-9(13-14)6-15(11(16)18)8-4-2-3-7(12)5-8/h2-5H,6H2,1H3. The molecule has 1 aromatic carbocycles. The van der Waals surface area contributed by atoms with E-state index in [1.165, 1.54) is 11.9 Å². The summed E-state index contributed by atoms with van der Waals surface area (Å²) in [4.78, 5) is 25.3. The van der Waals surface area contributed by atoms with Crippen LogP contribution in [-0.2, 0) is 13.6 Å². The molecule has 2 heterocycles. The molecule has 0 saturated carbocycles. The number of nitrogens with zero attached hydrogens (tertiary/aromatic N) is 4. The van der Waals surface area contributed by atoms with Crippen molar-refractivity contribution in [2.24, 2.45) is 7.05 Å². The van der Waals surface area contributed by atoms with Crippen molar-refractivity contribution in [1.82, 2.24) is 14.3 Å². The van der Waals surface area contributed by atoms with Gasteiger partial charge in [0.2, 0.25) is 0 Å². The predicted octanol–water partition coefficient (Wildman–Crippen LogP) is 1.22. The first-order valence-electron chi connectivity index (χ1n) is 5.30. The maximum Gasteiger partial charge on any atom is 0.354 e. The monoisotopic (exact) mass is 264 g/mol. The van der Waals surface area contributed by atoms with E-state index in [1.54, 1.807) is 24.3 Å². The first-order valence-corrected chi connectivity index (χ1v) is 5.68. The molecule has 1 aliphatic heterocycles. The summed E-state index contributed by atoms with van der Waals surface area (Å²) in [5.41, 5.74) is 0.222. The average Bonchev–Trinajstić information content (AvgIpc) is 2.79. The molecule has 3 rings (SSSR count). The molecule has 92 valence electrons. The van der Waals surface area contributed by atoms with Crippen LogP contribution in [-0.4, -0.2) is 20.4 Å². The average molecular weight is 265 g/mol. The number of hydrogen-bond acceptors (Lipinski definition) is 3. The largest absolute Gasteiger partial charge is 0.354 e. The fraction of sp³-hybridized carbons (Fsp3) is 0.182. The highest BCUT2D eigenvalue weighted by atomic mass is 35.5. The number of amides is 1. The van der Waals surface area contributed by atoms with Gasteiger partial charge in [0, 0.05) is 17.8 Å². The highest BCUT2D eigenvalue weighted by Gasteiger charge is 2.32. The number of benzene rings is 1. The summed E-state index contributed by atoms with van der Waals surface area (Å²) in [6.07, 6.45) is 0. The Morgan fingerprint density at radius 2 is 2.11 bits per heavy atom. The summed E-state index contributed by atoms with van der Waals surface area (Å²) in [6.45, 7) is 0.273. The van der Waals surface area contributed by atoms with Crippen LogP contribution in [0.2, 0.25) is 5.02 Å². The smallest absolute Gasteiger partial charge is 0.286 e. The Bertz CT molecular complexity index is 703. The van der Waals surface area contributed by atoms with Crippen LogP contribution in [0.1, 0.15) is 5.82 Å². The summed E-state index contributed by atoms with van der Waals surface area (Å²) < 4.78 is 2.23. The van der Waals surface area contributed by atoms with Crippen LogP contribution < -0.4 is 10.6 Å². The van der Waals surface area contributed by atoms with Gasteiger partial charge in [-0.05, 0) is 18.2 Å². The Labute approximate surface area is 107 Å². The summed E-state index contributed by atoms with van der Waals surface area (Å²) >= 11 is 5.89. The van der Waals surface area contributed by atoms with Crippen LogP contribution in [0.25, 0.3) is 0 Å². The number of hydrogen-bond donors (Lipinski definition) is 0. The highest BCUT2D eigenvalue weighted by Crippen LogP contribution is 2.24. The molecule has 0 fully saturated rings. The Hall–Kier alpha value is -2.08. The zero-order valence-corrected chi connectivity index (χ0v) is 10.3. The summed E-state index contributed by atoms with van der Waals surface area (Å²) in [5.74, 6) is 0.437. The van der Waals surface area contributed by atoms with E-state index in [0.29, 0.717) is 16.5 Å². The third-order valence-corrected chi connectivity index (χ3v) is 3.07. The van der Waals surface area contributed by atoms with Crippen molar-refractivity contribution < 1.29 is 4.79 Å². The lowest BCUT2D eigenvalue weighted by Gasteiger charge is -2.14. The number of halogens is 1. The number of aryl methyl sites for hydroxylation is 1. The van der Waals surface area contributed by atoms with Crippen molar-refractivity contribution in [3.8, 4) is 0 Å². The molecule has 2 aromatic rings. The summed E-state index contributed by atoms with van der Waals surface area (Å²) in [7, 11) is 1.52. The Morgan fingerprint density at radius 1 is 1.33 bits per heavy atom. The minimum atomic E-state index is -0.431. The molecule has 0 N–H and O–H groups in total. The van der Waals surface area contributed by atoms with E-state index in [0.717, 1.165) is 9.25 Å². The van der Waals surface area contributed by atoms with Gasteiger partial charge in [-0.3, -0.25) is 4.90 Å². The van der Waals surface area contributed by atoms with E-state index in [4.69, 9.17) is 11.6 Å². The Balaban J connectivity index is 2.06. The van der Waals surface area contributed by atoms with E-state index >= 15 is 0 Å². The molecule has 1 aliphatic rings. The molecular weight excluding hydrogens is 256 g/mol. The molecule has 0 spiro atoms. The number of carbonyl (C=O) groups excluding carboxylic acids is 1. The van der Waals surface area contributed by atoms with Gasteiger partial charge in [0.1, 0.15) is 0 Å². The maximum absolute atomic E-state index is 12.1. The van der Waals surface area contributed by atoms with Gasteiger partial charge in [0.25, 0.3) is 0 Å². The van der Waals surface area contributed by atoms with Gasteiger partial charge in [-0.15, -0.1) is 0 Å². The van der Waals surface area contributed by atoms with Crippen molar-refractivity contribution >= 4 is 23.3 Å². The zero-order valence-electron chi connectivity index (χ0n) is 9.50. The Morgan fingerprint density at radius 3 is 2.78 bits per heavy atom.